The second kappa shape index (κ2) is 5.56. The van der Waals surface area contributed by atoms with Gasteiger partial charge < -0.3 is 5.73 Å². The average molecular weight is 158 g/mol. The third-order valence-electron chi connectivity index (χ3n) is 2.14. The lowest BCUT2D eigenvalue weighted by atomic mass is 10.2. The second-order valence-corrected chi connectivity index (χ2v) is 2.93. The molecular weight excluding hydrogens is 136 g/mol. The van der Waals surface area contributed by atoms with Gasteiger partial charge >= 0.3 is 0 Å². The minimum Gasteiger partial charge on any atom is -0.326 e. The summed E-state index contributed by atoms with van der Waals surface area (Å²) in [5.74, 6) is 0. The van der Waals surface area contributed by atoms with E-state index in [4.69, 9.17) is 5.73 Å². The number of likely N-dealkylation sites (N-methyl/N-ethyl adjacent to an activating group) is 1. The third kappa shape index (κ3) is 3.21. The van der Waals surface area contributed by atoms with Crippen molar-refractivity contribution in [1.29, 1.82) is 0 Å². The van der Waals surface area contributed by atoms with Gasteiger partial charge in [-0.1, -0.05) is 20.8 Å². The first-order valence-electron chi connectivity index (χ1n) is 4.73. The molecule has 1 heterocycles. The monoisotopic (exact) mass is 158 g/mol. The van der Waals surface area contributed by atoms with Crippen LogP contribution in [0.15, 0.2) is 0 Å². The normalized spacial score (nSPS) is 31.4. The molecule has 0 aliphatic carbocycles. The van der Waals surface area contributed by atoms with Gasteiger partial charge in [0.05, 0.1) is 0 Å². The van der Waals surface area contributed by atoms with Crippen molar-refractivity contribution in [3.05, 3.63) is 0 Å². The Kier molecular flexibility index (Phi) is 5.51. The van der Waals surface area contributed by atoms with Gasteiger partial charge in [0.2, 0.25) is 0 Å². The summed E-state index contributed by atoms with van der Waals surface area (Å²) in [4.78, 5) is 2.42. The molecule has 0 aromatic rings. The van der Waals surface area contributed by atoms with Gasteiger partial charge in [-0.25, -0.2) is 0 Å². The van der Waals surface area contributed by atoms with Gasteiger partial charge in [-0.05, 0) is 19.9 Å². The summed E-state index contributed by atoms with van der Waals surface area (Å²) in [5, 5.41) is 0. The standard InChI is InChI=1S/C7H16N2.C2H6/c1-3-9-5-7(8)4-6(9)2;1-2/h6-7H,3-5,8H2,1-2H3;1-2H3. The molecule has 1 fully saturated rings. The van der Waals surface area contributed by atoms with Crippen molar-refractivity contribution in [1.82, 2.24) is 4.90 Å². The Bertz CT molecular complexity index is 93.6. The van der Waals surface area contributed by atoms with E-state index in [0.717, 1.165) is 13.1 Å². The van der Waals surface area contributed by atoms with Crippen LogP contribution in [0.2, 0.25) is 0 Å². The van der Waals surface area contributed by atoms with Crippen molar-refractivity contribution < 1.29 is 0 Å². The quantitative estimate of drug-likeness (QED) is 0.626. The number of nitrogens with two attached hydrogens (primary N) is 1. The molecule has 1 aliphatic heterocycles. The molecule has 11 heavy (non-hydrogen) atoms. The van der Waals surface area contributed by atoms with Crippen LogP contribution in [-0.2, 0) is 0 Å². The van der Waals surface area contributed by atoms with E-state index < -0.39 is 0 Å². The summed E-state index contributed by atoms with van der Waals surface area (Å²) in [6.45, 7) is 10.7. The van der Waals surface area contributed by atoms with Crippen LogP contribution in [0, 0.1) is 0 Å². The van der Waals surface area contributed by atoms with Gasteiger partial charge in [0.25, 0.3) is 0 Å². The van der Waals surface area contributed by atoms with E-state index in [1.54, 1.807) is 0 Å². The van der Waals surface area contributed by atoms with Crippen LogP contribution in [0.4, 0.5) is 0 Å². The third-order valence-corrected chi connectivity index (χ3v) is 2.14. The van der Waals surface area contributed by atoms with Crippen molar-refractivity contribution in [2.75, 3.05) is 13.1 Å². The van der Waals surface area contributed by atoms with Crippen molar-refractivity contribution >= 4 is 0 Å². The average Bonchev–Trinajstić information content (AvgIpc) is 2.33. The molecule has 2 unspecified atom stereocenters. The molecule has 1 rings (SSSR count). The van der Waals surface area contributed by atoms with E-state index in [0.29, 0.717) is 12.1 Å². The molecule has 0 aromatic carbocycles. The van der Waals surface area contributed by atoms with Crippen LogP contribution in [0.3, 0.4) is 0 Å². The van der Waals surface area contributed by atoms with Gasteiger partial charge in [-0.3, -0.25) is 4.90 Å². The zero-order chi connectivity index (χ0) is 8.85. The van der Waals surface area contributed by atoms with E-state index in [-0.39, 0.29) is 0 Å². The molecular formula is C9H22N2. The van der Waals surface area contributed by atoms with E-state index in [1.165, 1.54) is 6.42 Å². The van der Waals surface area contributed by atoms with Crippen molar-refractivity contribution in [2.24, 2.45) is 5.73 Å². The summed E-state index contributed by atoms with van der Waals surface area (Å²) < 4.78 is 0. The molecule has 2 N–H and O–H groups in total. The van der Waals surface area contributed by atoms with Crippen LogP contribution >= 0.6 is 0 Å². The minimum absolute atomic E-state index is 0.431. The number of nitrogens with zero attached hydrogens (tertiary/aromatic N) is 1. The number of rotatable bonds is 1. The Labute approximate surface area is 70.8 Å². The van der Waals surface area contributed by atoms with Gasteiger partial charge in [-0.15, -0.1) is 0 Å². The highest BCUT2D eigenvalue weighted by atomic mass is 15.2. The highest BCUT2D eigenvalue weighted by Gasteiger charge is 2.24. The highest BCUT2D eigenvalue weighted by Crippen LogP contribution is 2.14. The number of likely N-dealkylation sites (tertiary alicyclic amines) is 1. The maximum Gasteiger partial charge on any atom is 0.0182 e. The Morgan fingerprint density at radius 2 is 2.00 bits per heavy atom. The van der Waals surface area contributed by atoms with Gasteiger partial charge in [0.1, 0.15) is 0 Å². The number of hydrogen-bond donors (Lipinski definition) is 1. The molecule has 0 saturated carbocycles. The van der Waals surface area contributed by atoms with E-state index in [2.05, 4.69) is 18.7 Å². The maximum absolute atomic E-state index is 5.75. The van der Waals surface area contributed by atoms with E-state index >= 15 is 0 Å². The van der Waals surface area contributed by atoms with Gasteiger partial charge in [-0.2, -0.15) is 0 Å². The largest absolute Gasteiger partial charge is 0.326 e. The van der Waals surface area contributed by atoms with Crippen molar-refractivity contribution in [3.8, 4) is 0 Å². The first kappa shape index (κ1) is 10.9. The fourth-order valence-corrected chi connectivity index (χ4v) is 1.58. The second-order valence-electron chi connectivity index (χ2n) is 2.93. The summed E-state index contributed by atoms with van der Waals surface area (Å²) in [7, 11) is 0. The molecule has 0 radical (unpaired) electrons. The fraction of sp³-hybridized carbons (Fsp3) is 1.00. The first-order valence-corrected chi connectivity index (χ1v) is 4.73. The molecule has 1 aliphatic rings. The summed E-state index contributed by atoms with van der Waals surface area (Å²) in [6, 6.07) is 1.14. The maximum atomic E-state index is 5.75. The predicted octanol–water partition coefficient (Wildman–Crippen LogP) is 1.45. The lowest BCUT2D eigenvalue weighted by molar-refractivity contribution is 0.282. The van der Waals surface area contributed by atoms with Gasteiger partial charge in [0.15, 0.2) is 0 Å². The molecule has 0 spiro atoms. The Hall–Kier alpha value is -0.0800. The van der Waals surface area contributed by atoms with E-state index in [1.807, 2.05) is 13.8 Å². The summed E-state index contributed by atoms with van der Waals surface area (Å²) >= 11 is 0. The van der Waals surface area contributed by atoms with Crippen molar-refractivity contribution in [3.63, 3.8) is 0 Å². The lowest BCUT2D eigenvalue weighted by Crippen LogP contribution is -2.28. The molecule has 1 saturated heterocycles. The fourth-order valence-electron chi connectivity index (χ4n) is 1.58. The smallest absolute Gasteiger partial charge is 0.0182 e. The van der Waals surface area contributed by atoms with Gasteiger partial charge in [0, 0.05) is 18.6 Å². The number of hydrogen-bond acceptors (Lipinski definition) is 2. The summed E-state index contributed by atoms with van der Waals surface area (Å²) in [6.07, 6.45) is 1.17. The molecule has 0 aromatic heterocycles. The van der Waals surface area contributed by atoms with Crippen molar-refractivity contribution in [2.45, 2.75) is 46.2 Å². The highest BCUT2D eigenvalue weighted by molar-refractivity contribution is 4.83. The Morgan fingerprint density at radius 3 is 2.18 bits per heavy atom. The Morgan fingerprint density at radius 1 is 1.45 bits per heavy atom. The molecule has 68 valence electrons. The topological polar surface area (TPSA) is 29.3 Å². The van der Waals surface area contributed by atoms with Crippen LogP contribution in [0.1, 0.15) is 34.1 Å². The van der Waals surface area contributed by atoms with Crippen LogP contribution in [0.5, 0.6) is 0 Å². The SMILES string of the molecule is CC.CCN1CC(N)CC1C. The first-order chi connectivity index (χ1) is 5.24. The molecule has 2 heteroatoms. The lowest BCUT2D eigenvalue weighted by Gasteiger charge is -2.17. The zero-order valence-electron chi connectivity index (χ0n) is 8.30. The minimum atomic E-state index is 0.431. The Balaban J connectivity index is 0.000000461. The van der Waals surface area contributed by atoms with Crippen LogP contribution in [-0.4, -0.2) is 30.1 Å². The molecule has 0 amide bonds. The molecule has 2 nitrogen and oxygen atoms in total. The summed E-state index contributed by atoms with van der Waals surface area (Å²) in [5.41, 5.74) is 5.75. The molecule has 2 atom stereocenters. The predicted molar refractivity (Wildman–Crippen MR) is 50.6 cm³/mol. The van der Waals surface area contributed by atoms with E-state index in [9.17, 15) is 0 Å². The van der Waals surface area contributed by atoms with Crippen LogP contribution in [0.25, 0.3) is 0 Å². The molecule has 0 bridgehead atoms. The zero-order valence-corrected chi connectivity index (χ0v) is 8.30. The van der Waals surface area contributed by atoms with Crippen LogP contribution < -0.4 is 5.73 Å².